The second kappa shape index (κ2) is 15.8. The van der Waals surface area contributed by atoms with E-state index in [1.165, 1.54) is 12.1 Å². The zero-order valence-corrected chi connectivity index (χ0v) is 39.0. The highest BCUT2D eigenvalue weighted by molar-refractivity contribution is 7.91. The van der Waals surface area contributed by atoms with Crippen molar-refractivity contribution in [1.82, 2.24) is 18.3 Å². The minimum absolute atomic E-state index is 0.108. The first-order chi connectivity index (χ1) is 34.4. The van der Waals surface area contributed by atoms with E-state index < -0.39 is 9.84 Å². The van der Waals surface area contributed by atoms with Crippen LogP contribution >= 0.6 is 0 Å². The Bertz CT molecular complexity index is 4450. The maximum absolute atomic E-state index is 15.2. The van der Waals surface area contributed by atoms with Crippen LogP contribution in [0.3, 0.4) is 0 Å². The molecule has 7 nitrogen and oxygen atoms in total. The van der Waals surface area contributed by atoms with Crippen molar-refractivity contribution in [2.45, 2.75) is 29.6 Å². The molecule has 0 amide bonds. The number of sulfone groups is 1. The van der Waals surface area contributed by atoms with Crippen molar-refractivity contribution in [3.8, 4) is 23.1 Å². The molecule has 12 aromatic rings. The third kappa shape index (κ3) is 6.02. The Balaban J connectivity index is 1.16. The van der Waals surface area contributed by atoms with Gasteiger partial charge in [0.15, 0.2) is 0 Å². The Labute approximate surface area is 404 Å². The minimum atomic E-state index is -4.14. The van der Waals surface area contributed by atoms with Gasteiger partial charge in [-0.15, -0.1) is 0 Å². The maximum Gasteiger partial charge on any atom is 0.206 e. The first-order valence-corrected chi connectivity index (χ1v) is 25.0. The standard InChI is InChI=1S/C62H43N5O2S/c1-3-4-24-53-40(2)48-32-34-57-59(61(48)66(53)42-17-7-5-8-18-42)51-22-12-15-26-55(51)64(57)44-36-45(38-47(37-44)70(68,69)46-30-28-41(39-63)29-31-46)65-56-27-16-13-23-52(56)60-58(65)35-33-50-49-21-11-14-25-54(49)67(62(50)60)43-19-9-6-10-20-43/h3-4,6-7,9-38H,1,5,8H2,2H3/b24-4-. The molecule has 70 heavy (non-hydrogen) atoms. The monoisotopic (exact) mass is 921 g/mol. The molecule has 0 saturated heterocycles. The fourth-order valence-corrected chi connectivity index (χ4v) is 12.5. The van der Waals surface area contributed by atoms with E-state index >= 15 is 8.42 Å². The third-order valence-electron chi connectivity index (χ3n) is 14.2. The lowest BCUT2D eigenvalue weighted by molar-refractivity contribution is 0.596. The second-order valence-corrected chi connectivity index (χ2v) is 19.9. The summed E-state index contributed by atoms with van der Waals surface area (Å²) in [4.78, 5) is 0.243. The van der Waals surface area contributed by atoms with E-state index in [9.17, 15) is 5.26 Å². The number of hydrogen-bond acceptors (Lipinski definition) is 3. The topological polar surface area (TPSA) is 77.7 Å². The number of allylic oxidation sites excluding steroid dienone is 6. The zero-order valence-electron chi connectivity index (χ0n) is 38.2. The van der Waals surface area contributed by atoms with Crippen molar-refractivity contribution in [2.75, 3.05) is 0 Å². The van der Waals surface area contributed by atoms with Gasteiger partial charge in [0.05, 0.1) is 60.0 Å². The molecular weight excluding hydrogens is 879 g/mol. The summed E-state index contributed by atoms with van der Waals surface area (Å²) in [5.41, 5.74) is 13.2. The van der Waals surface area contributed by atoms with Crippen molar-refractivity contribution in [3.63, 3.8) is 0 Å². The zero-order chi connectivity index (χ0) is 47.3. The van der Waals surface area contributed by atoms with Gasteiger partial charge in [0.25, 0.3) is 0 Å². The number of aromatic nitrogens is 4. The van der Waals surface area contributed by atoms with E-state index in [1.807, 2.05) is 30.4 Å². The normalized spacial score (nSPS) is 13.2. The quantitative estimate of drug-likeness (QED) is 0.142. The highest BCUT2D eigenvalue weighted by Gasteiger charge is 2.27. The molecule has 8 aromatic carbocycles. The van der Waals surface area contributed by atoms with E-state index in [2.05, 4.69) is 177 Å². The summed E-state index contributed by atoms with van der Waals surface area (Å²) in [6.07, 6.45) is 14.6. The van der Waals surface area contributed by atoms with Crippen LogP contribution in [0.15, 0.2) is 217 Å². The predicted molar refractivity (Wildman–Crippen MR) is 288 cm³/mol. The number of para-hydroxylation sites is 4. The highest BCUT2D eigenvalue weighted by atomic mass is 32.2. The van der Waals surface area contributed by atoms with Gasteiger partial charge < -0.3 is 18.3 Å². The van der Waals surface area contributed by atoms with E-state index in [4.69, 9.17) is 0 Å². The molecule has 334 valence electrons. The van der Waals surface area contributed by atoms with Crippen LogP contribution in [0.25, 0.3) is 105 Å². The molecule has 1 aliphatic carbocycles. The lowest BCUT2D eigenvalue weighted by atomic mass is 10.1. The Kier molecular flexibility index (Phi) is 9.35. The van der Waals surface area contributed by atoms with Crippen LogP contribution < -0.4 is 0 Å². The molecule has 0 atom stereocenters. The van der Waals surface area contributed by atoms with Gasteiger partial charge in [-0.2, -0.15) is 5.26 Å². The summed E-state index contributed by atoms with van der Waals surface area (Å²) in [6, 6.07) is 58.7. The SMILES string of the molecule is C=C/C=C\c1c(C)c2ccc3c(c4ccccc4n3-c3cc(-n4c5ccccc5c5c4ccc4c6ccccc6n(-c6ccccc6)c45)cc(S(=O)(=O)c4ccc(C#N)cc4)c3)c2n1C1=CCCC=C1. The fraction of sp³-hybridized carbons (Fsp3) is 0.0484. The maximum atomic E-state index is 15.2. The number of aryl methyl sites for hydroxylation is 1. The highest BCUT2D eigenvalue weighted by Crippen LogP contribution is 2.45. The van der Waals surface area contributed by atoms with Crippen LogP contribution in [0.1, 0.15) is 29.7 Å². The third-order valence-corrected chi connectivity index (χ3v) is 15.9. The molecule has 0 unspecified atom stereocenters. The molecule has 8 heteroatoms. The molecule has 13 rings (SSSR count). The van der Waals surface area contributed by atoms with Gasteiger partial charge in [0.2, 0.25) is 9.84 Å². The van der Waals surface area contributed by atoms with Gasteiger partial charge in [-0.25, -0.2) is 8.42 Å². The van der Waals surface area contributed by atoms with E-state index in [1.54, 1.807) is 24.3 Å². The summed E-state index contributed by atoms with van der Waals surface area (Å²) in [7, 11) is -4.14. The van der Waals surface area contributed by atoms with Gasteiger partial charge in [-0.3, -0.25) is 0 Å². The Morgan fingerprint density at radius 1 is 0.543 bits per heavy atom. The molecule has 0 bridgehead atoms. The number of benzene rings is 8. The largest absolute Gasteiger partial charge is 0.309 e. The van der Waals surface area contributed by atoms with Crippen LogP contribution in [-0.4, -0.2) is 26.7 Å². The average Bonchev–Trinajstić information content (AvgIpc) is 4.13. The number of fused-ring (bicyclic) bond motifs is 12. The summed E-state index contributed by atoms with van der Waals surface area (Å²) in [6.45, 7) is 6.17. The molecule has 0 fully saturated rings. The molecule has 0 saturated carbocycles. The van der Waals surface area contributed by atoms with Crippen LogP contribution in [0.5, 0.6) is 0 Å². The molecule has 0 spiro atoms. The summed E-state index contributed by atoms with van der Waals surface area (Å²) >= 11 is 0. The van der Waals surface area contributed by atoms with Crippen molar-refractivity contribution in [2.24, 2.45) is 0 Å². The molecule has 1 aliphatic rings. The Morgan fingerprint density at radius 2 is 1.11 bits per heavy atom. The van der Waals surface area contributed by atoms with Crippen molar-refractivity contribution in [1.29, 1.82) is 5.26 Å². The summed E-state index contributed by atoms with van der Waals surface area (Å²) in [5, 5.41) is 17.3. The number of hydrogen-bond donors (Lipinski definition) is 0. The minimum Gasteiger partial charge on any atom is -0.309 e. The summed E-state index contributed by atoms with van der Waals surface area (Å²) < 4.78 is 39.6. The number of rotatable bonds is 8. The second-order valence-electron chi connectivity index (χ2n) is 18.0. The van der Waals surface area contributed by atoms with Gasteiger partial charge in [0, 0.05) is 66.2 Å². The molecule has 4 heterocycles. The molecule has 0 N–H and O–H groups in total. The van der Waals surface area contributed by atoms with Crippen molar-refractivity contribution >= 4 is 97.9 Å². The number of nitrogens with zero attached hydrogens (tertiary/aromatic N) is 5. The van der Waals surface area contributed by atoms with Gasteiger partial charge in [-0.1, -0.05) is 116 Å². The van der Waals surface area contributed by atoms with Gasteiger partial charge >= 0.3 is 0 Å². The van der Waals surface area contributed by atoms with E-state index in [0.717, 1.165) is 112 Å². The average molecular weight is 922 g/mol. The Morgan fingerprint density at radius 3 is 1.71 bits per heavy atom. The van der Waals surface area contributed by atoms with Crippen LogP contribution in [0, 0.1) is 18.3 Å². The van der Waals surface area contributed by atoms with E-state index in [0.29, 0.717) is 16.9 Å². The molecule has 4 aromatic heterocycles. The first kappa shape index (κ1) is 41.3. The molecule has 0 aliphatic heterocycles. The number of nitriles is 1. The van der Waals surface area contributed by atoms with Crippen LogP contribution in [-0.2, 0) is 9.84 Å². The lowest BCUT2D eigenvalue weighted by Gasteiger charge is -2.16. The molecule has 0 radical (unpaired) electrons. The summed E-state index contributed by atoms with van der Waals surface area (Å²) in [5.74, 6) is 0. The van der Waals surface area contributed by atoms with Crippen LogP contribution in [0.4, 0.5) is 0 Å². The van der Waals surface area contributed by atoms with Crippen LogP contribution in [0.2, 0.25) is 0 Å². The van der Waals surface area contributed by atoms with Gasteiger partial charge in [-0.05, 0) is 122 Å². The Hall–Kier alpha value is -8.90. The van der Waals surface area contributed by atoms with Crippen molar-refractivity contribution < 1.29 is 8.42 Å². The predicted octanol–water partition coefficient (Wildman–Crippen LogP) is 15.3. The molecular formula is C62H43N5O2S. The first-order valence-electron chi connectivity index (χ1n) is 23.5. The fourth-order valence-electron chi connectivity index (χ4n) is 11.1. The van der Waals surface area contributed by atoms with E-state index in [-0.39, 0.29) is 9.79 Å². The van der Waals surface area contributed by atoms with Gasteiger partial charge in [0.1, 0.15) is 0 Å². The lowest BCUT2D eigenvalue weighted by Crippen LogP contribution is -2.07. The smallest absolute Gasteiger partial charge is 0.206 e. The van der Waals surface area contributed by atoms with Crippen molar-refractivity contribution in [3.05, 3.63) is 224 Å².